The second kappa shape index (κ2) is 5.30. The van der Waals surface area contributed by atoms with E-state index in [-0.39, 0.29) is 11.8 Å². The number of halogens is 1. The van der Waals surface area contributed by atoms with Crippen molar-refractivity contribution in [3.63, 3.8) is 0 Å². The number of nitrogens with zero attached hydrogens (tertiary/aromatic N) is 2. The molecule has 4 nitrogen and oxygen atoms in total. The lowest BCUT2D eigenvalue weighted by Crippen LogP contribution is -1.86. The van der Waals surface area contributed by atoms with Crippen LogP contribution in [0.25, 0.3) is 26.7 Å². The zero-order valence-electron chi connectivity index (χ0n) is 11.8. The fraction of sp³-hybridized carbons (Fsp3) is 0. The van der Waals surface area contributed by atoms with Crippen molar-refractivity contribution >= 4 is 27.9 Å². The Morgan fingerprint density at radius 3 is 2.30 bits per heavy atom. The zero-order valence-corrected chi connectivity index (χ0v) is 13.3. The Labute approximate surface area is 140 Å². The zero-order chi connectivity index (χ0) is 16.0. The lowest BCUT2D eigenvalue weighted by Gasteiger charge is -2.03. The van der Waals surface area contributed by atoms with E-state index in [4.69, 9.17) is 11.6 Å². The monoisotopic (exact) mass is 342 g/mol. The third-order valence-corrected chi connectivity index (χ3v) is 4.92. The van der Waals surface area contributed by atoms with Crippen LogP contribution in [0.2, 0.25) is 5.02 Å². The summed E-state index contributed by atoms with van der Waals surface area (Å²) in [4.78, 5) is 5.38. The molecule has 0 aliphatic carbocycles. The van der Waals surface area contributed by atoms with Gasteiger partial charge in [0.2, 0.25) is 16.7 Å². The van der Waals surface area contributed by atoms with Gasteiger partial charge in [-0.25, -0.2) is 4.40 Å². The summed E-state index contributed by atoms with van der Waals surface area (Å²) in [5, 5.41) is 21.4. The first-order valence-corrected chi connectivity index (χ1v) is 8.09. The Balaban J connectivity index is 1.96. The number of thiazole rings is 1. The van der Waals surface area contributed by atoms with Crippen LogP contribution >= 0.6 is 22.9 Å². The average molecular weight is 343 g/mol. The van der Waals surface area contributed by atoms with Crippen molar-refractivity contribution in [2.24, 2.45) is 0 Å². The van der Waals surface area contributed by atoms with Crippen LogP contribution in [0.4, 0.5) is 0 Å². The van der Waals surface area contributed by atoms with Gasteiger partial charge in [0.25, 0.3) is 0 Å². The van der Waals surface area contributed by atoms with Crippen molar-refractivity contribution in [1.29, 1.82) is 0 Å². The molecule has 6 heteroatoms. The van der Waals surface area contributed by atoms with Gasteiger partial charge in [0.05, 0.1) is 4.88 Å². The van der Waals surface area contributed by atoms with E-state index in [1.165, 1.54) is 11.3 Å². The quantitative estimate of drug-likeness (QED) is 0.550. The number of hydrogen-bond acceptors (Lipinski definition) is 4. The molecule has 2 aromatic carbocycles. The number of rotatable bonds is 2. The van der Waals surface area contributed by atoms with E-state index < -0.39 is 0 Å². The number of benzene rings is 2. The molecule has 0 atom stereocenters. The highest BCUT2D eigenvalue weighted by atomic mass is 35.5. The molecule has 0 aliphatic heterocycles. The molecule has 0 fully saturated rings. The third kappa shape index (κ3) is 2.25. The van der Waals surface area contributed by atoms with Gasteiger partial charge in [-0.15, -0.1) is 0 Å². The van der Waals surface area contributed by atoms with E-state index in [0.717, 1.165) is 11.1 Å². The van der Waals surface area contributed by atoms with Crippen molar-refractivity contribution in [3.05, 3.63) is 59.6 Å². The molecular formula is C17H11ClN2O2S. The normalized spacial score (nSPS) is 11.2. The molecule has 0 saturated heterocycles. The Morgan fingerprint density at radius 2 is 1.61 bits per heavy atom. The molecule has 0 bridgehead atoms. The van der Waals surface area contributed by atoms with E-state index in [9.17, 15) is 10.2 Å². The van der Waals surface area contributed by atoms with Gasteiger partial charge < -0.3 is 10.2 Å². The van der Waals surface area contributed by atoms with Gasteiger partial charge in [0.15, 0.2) is 0 Å². The molecule has 0 amide bonds. The second-order valence-electron chi connectivity index (χ2n) is 5.03. The van der Waals surface area contributed by atoms with Crippen molar-refractivity contribution in [1.82, 2.24) is 9.38 Å². The Kier molecular flexibility index (Phi) is 3.25. The van der Waals surface area contributed by atoms with Crippen LogP contribution in [0.15, 0.2) is 54.6 Å². The van der Waals surface area contributed by atoms with Crippen molar-refractivity contribution in [3.8, 4) is 33.5 Å². The van der Waals surface area contributed by atoms with Crippen LogP contribution in [-0.2, 0) is 0 Å². The summed E-state index contributed by atoms with van der Waals surface area (Å²) < 4.78 is 1.57. The SMILES string of the molecule is Oc1nc2sc(-c3ccc(Cl)cc3)c(O)n2c1-c1ccccc1. The molecule has 2 N–H and O–H groups in total. The van der Waals surface area contributed by atoms with Crippen LogP contribution in [-0.4, -0.2) is 19.6 Å². The van der Waals surface area contributed by atoms with Gasteiger partial charge in [-0.2, -0.15) is 4.98 Å². The van der Waals surface area contributed by atoms with Gasteiger partial charge >= 0.3 is 0 Å². The van der Waals surface area contributed by atoms with Crippen LogP contribution in [0, 0.1) is 0 Å². The fourth-order valence-corrected chi connectivity index (χ4v) is 3.68. The second-order valence-corrected chi connectivity index (χ2v) is 6.44. The summed E-state index contributed by atoms with van der Waals surface area (Å²) in [5.74, 6) is -0.0422. The molecule has 0 saturated carbocycles. The van der Waals surface area contributed by atoms with Gasteiger partial charge in [-0.3, -0.25) is 0 Å². The number of imidazole rings is 1. The molecule has 2 heterocycles. The smallest absolute Gasteiger partial charge is 0.239 e. The first kappa shape index (κ1) is 14.1. The number of hydrogen-bond donors (Lipinski definition) is 2. The maximum atomic E-state index is 10.7. The van der Waals surface area contributed by atoms with E-state index >= 15 is 0 Å². The van der Waals surface area contributed by atoms with Crippen LogP contribution in [0.5, 0.6) is 11.8 Å². The molecule has 4 rings (SSSR count). The van der Waals surface area contributed by atoms with E-state index in [1.54, 1.807) is 16.5 Å². The van der Waals surface area contributed by atoms with Crippen molar-refractivity contribution < 1.29 is 10.2 Å². The van der Waals surface area contributed by atoms with E-state index in [2.05, 4.69) is 4.98 Å². The maximum absolute atomic E-state index is 10.7. The maximum Gasteiger partial charge on any atom is 0.239 e. The van der Waals surface area contributed by atoms with Crippen LogP contribution < -0.4 is 0 Å². The highest BCUT2D eigenvalue weighted by molar-refractivity contribution is 7.20. The molecule has 0 unspecified atom stereocenters. The highest BCUT2D eigenvalue weighted by Gasteiger charge is 2.22. The predicted molar refractivity (Wildman–Crippen MR) is 92.3 cm³/mol. The summed E-state index contributed by atoms with van der Waals surface area (Å²) in [5.41, 5.74) is 2.11. The Hall–Kier alpha value is -2.50. The minimum absolute atomic E-state index is 0.0546. The van der Waals surface area contributed by atoms with Crippen LogP contribution in [0.3, 0.4) is 0 Å². The molecule has 114 valence electrons. The minimum atomic E-state index is -0.0968. The molecular weight excluding hydrogens is 332 g/mol. The molecule has 2 aromatic heterocycles. The predicted octanol–water partition coefficient (Wildman–Crippen LogP) is 4.79. The van der Waals surface area contributed by atoms with Crippen molar-refractivity contribution in [2.45, 2.75) is 0 Å². The van der Waals surface area contributed by atoms with Gasteiger partial charge in [0.1, 0.15) is 5.69 Å². The number of aromatic hydroxyl groups is 2. The highest BCUT2D eigenvalue weighted by Crippen LogP contribution is 2.43. The summed E-state index contributed by atoms with van der Waals surface area (Å²) in [7, 11) is 0. The topological polar surface area (TPSA) is 57.8 Å². The number of aromatic nitrogens is 2. The van der Waals surface area contributed by atoms with Gasteiger partial charge in [-0.1, -0.05) is 65.4 Å². The molecule has 0 radical (unpaired) electrons. The Bertz CT molecular complexity index is 991. The minimum Gasteiger partial charge on any atom is -0.493 e. The fourth-order valence-electron chi connectivity index (χ4n) is 2.54. The van der Waals surface area contributed by atoms with Crippen LogP contribution in [0.1, 0.15) is 0 Å². The summed E-state index contributed by atoms with van der Waals surface area (Å²) in [6.45, 7) is 0. The van der Waals surface area contributed by atoms with Gasteiger partial charge in [-0.05, 0) is 17.7 Å². The largest absolute Gasteiger partial charge is 0.493 e. The van der Waals surface area contributed by atoms with E-state index in [0.29, 0.717) is 20.6 Å². The first-order valence-electron chi connectivity index (χ1n) is 6.89. The molecule has 23 heavy (non-hydrogen) atoms. The number of fused-ring (bicyclic) bond motifs is 1. The lowest BCUT2D eigenvalue weighted by atomic mass is 10.1. The van der Waals surface area contributed by atoms with Gasteiger partial charge in [0, 0.05) is 10.6 Å². The third-order valence-electron chi connectivity index (χ3n) is 3.59. The average Bonchev–Trinajstić information content (AvgIpc) is 3.05. The van der Waals surface area contributed by atoms with Crippen molar-refractivity contribution in [2.75, 3.05) is 0 Å². The Morgan fingerprint density at radius 1 is 0.913 bits per heavy atom. The lowest BCUT2D eigenvalue weighted by molar-refractivity contribution is 0.446. The first-order chi connectivity index (χ1) is 11.1. The molecule has 0 spiro atoms. The standard InChI is InChI=1S/C17H11ClN2O2S/c18-12-8-6-11(7-9-12)14-16(22)20-13(10-4-2-1-3-5-10)15(21)19-17(20)23-14/h1-9,21-22H. The summed E-state index contributed by atoms with van der Waals surface area (Å²) in [6.07, 6.45) is 0. The molecule has 4 aromatic rings. The van der Waals surface area contributed by atoms with E-state index in [1.807, 2.05) is 42.5 Å². The summed E-state index contributed by atoms with van der Waals surface area (Å²) in [6, 6.07) is 16.6. The summed E-state index contributed by atoms with van der Waals surface area (Å²) >= 11 is 7.22. The molecule has 0 aliphatic rings.